The number of benzene rings is 2. The fraction of sp³-hybridized carbons (Fsp3) is 0.333. The first kappa shape index (κ1) is 16.2. The lowest BCUT2D eigenvalue weighted by molar-refractivity contribution is -0.137. The molecule has 0 spiro atoms. The number of aryl methyl sites for hydroxylation is 1. The van der Waals surface area contributed by atoms with Crippen molar-refractivity contribution in [3.05, 3.63) is 42.0 Å². The number of hydrogen-bond donors (Lipinski definition) is 2. The van der Waals surface area contributed by atoms with Gasteiger partial charge in [-0.1, -0.05) is 36.4 Å². The van der Waals surface area contributed by atoms with Gasteiger partial charge in [-0.2, -0.15) is 0 Å². The summed E-state index contributed by atoms with van der Waals surface area (Å²) in [7, 11) is 0. The van der Waals surface area contributed by atoms with Crippen LogP contribution in [-0.4, -0.2) is 40.6 Å². The van der Waals surface area contributed by atoms with Crippen molar-refractivity contribution in [2.24, 2.45) is 5.73 Å². The zero-order valence-electron chi connectivity index (χ0n) is 13.1. The molecule has 1 heterocycles. The Balaban J connectivity index is 1.72. The quantitative estimate of drug-likeness (QED) is 0.898. The molecule has 1 fully saturated rings. The number of phenolic OH excluding ortho intramolecular Hbond substituents is 1. The van der Waals surface area contributed by atoms with Crippen LogP contribution in [0.3, 0.4) is 0 Å². The highest BCUT2D eigenvalue weighted by Gasteiger charge is 2.38. The summed E-state index contributed by atoms with van der Waals surface area (Å²) in [6, 6.07) is 10.2. The van der Waals surface area contributed by atoms with Gasteiger partial charge in [-0.05, 0) is 17.4 Å². The number of alkyl halides is 1. The van der Waals surface area contributed by atoms with Crippen LogP contribution in [-0.2, 0) is 16.0 Å². The first-order chi connectivity index (χ1) is 11.5. The standard InChI is InChI=1S/C18H19FN2O3/c19-13-9-15(18(20)24)21(10-13)16(22)8-7-12-6-5-11-3-1-2-4-14(11)17(12)23/h1-6,13,15,23H,7-10H2,(H2,20,24)/t13-,15+/m1/s1. The number of carbonyl (C=O) groups excluding carboxylic acids is 2. The number of carbonyl (C=O) groups is 2. The molecule has 0 bridgehead atoms. The Morgan fingerprint density at radius 2 is 2.00 bits per heavy atom. The van der Waals surface area contributed by atoms with Gasteiger partial charge >= 0.3 is 0 Å². The van der Waals surface area contributed by atoms with Gasteiger partial charge in [-0.25, -0.2) is 4.39 Å². The van der Waals surface area contributed by atoms with Gasteiger partial charge < -0.3 is 15.7 Å². The molecule has 2 atom stereocenters. The molecule has 5 nitrogen and oxygen atoms in total. The van der Waals surface area contributed by atoms with Crippen molar-refractivity contribution < 1.29 is 19.1 Å². The number of aromatic hydroxyl groups is 1. The Morgan fingerprint density at radius 1 is 1.25 bits per heavy atom. The van der Waals surface area contributed by atoms with Crippen LogP contribution < -0.4 is 5.73 Å². The third kappa shape index (κ3) is 3.04. The van der Waals surface area contributed by atoms with Crippen LogP contribution in [0.5, 0.6) is 5.75 Å². The molecular weight excluding hydrogens is 311 g/mol. The van der Waals surface area contributed by atoms with E-state index in [1.165, 1.54) is 4.90 Å². The van der Waals surface area contributed by atoms with Crippen molar-refractivity contribution in [3.8, 4) is 5.75 Å². The average Bonchev–Trinajstić information content (AvgIpc) is 2.96. The lowest BCUT2D eigenvalue weighted by Crippen LogP contribution is -2.43. The number of fused-ring (bicyclic) bond motifs is 1. The largest absolute Gasteiger partial charge is 0.507 e. The Labute approximate surface area is 138 Å². The van der Waals surface area contributed by atoms with Gasteiger partial charge in [0, 0.05) is 18.2 Å². The van der Waals surface area contributed by atoms with E-state index in [4.69, 9.17) is 5.73 Å². The lowest BCUT2D eigenvalue weighted by Gasteiger charge is -2.21. The minimum absolute atomic E-state index is 0.0394. The molecule has 1 aliphatic rings. The first-order valence-corrected chi connectivity index (χ1v) is 7.90. The zero-order valence-corrected chi connectivity index (χ0v) is 13.1. The Kier molecular flexibility index (Phi) is 4.38. The molecule has 2 aromatic carbocycles. The fourth-order valence-corrected chi connectivity index (χ4v) is 3.22. The second-order valence-electron chi connectivity index (χ2n) is 6.09. The van der Waals surface area contributed by atoms with Crippen molar-refractivity contribution in [2.75, 3.05) is 6.54 Å². The average molecular weight is 330 g/mol. The number of phenols is 1. The van der Waals surface area contributed by atoms with E-state index in [2.05, 4.69) is 0 Å². The molecule has 0 aliphatic carbocycles. The van der Waals surface area contributed by atoms with Crippen LogP contribution in [0.1, 0.15) is 18.4 Å². The predicted molar refractivity (Wildman–Crippen MR) is 88.1 cm³/mol. The monoisotopic (exact) mass is 330 g/mol. The number of primary amides is 1. The van der Waals surface area contributed by atoms with E-state index in [-0.39, 0.29) is 31.0 Å². The maximum atomic E-state index is 13.5. The molecule has 1 aliphatic heterocycles. The summed E-state index contributed by atoms with van der Waals surface area (Å²) in [5.74, 6) is -0.860. The summed E-state index contributed by atoms with van der Waals surface area (Å²) in [4.78, 5) is 24.9. The van der Waals surface area contributed by atoms with Crippen molar-refractivity contribution >= 4 is 22.6 Å². The van der Waals surface area contributed by atoms with Gasteiger partial charge in [0.15, 0.2) is 0 Å². The topological polar surface area (TPSA) is 83.6 Å². The number of halogens is 1. The van der Waals surface area contributed by atoms with E-state index in [9.17, 15) is 19.1 Å². The predicted octanol–water partition coefficient (Wildman–Crippen LogP) is 1.90. The van der Waals surface area contributed by atoms with Gasteiger partial charge in [-0.3, -0.25) is 9.59 Å². The smallest absolute Gasteiger partial charge is 0.240 e. The van der Waals surface area contributed by atoms with Crippen LogP contribution >= 0.6 is 0 Å². The van der Waals surface area contributed by atoms with E-state index in [1.807, 2.05) is 30.3 Å². The molecule has 2 amide bonds. The number of rotatable bonds is 4. The molecule has 126 valence electrons. The van der Waals surface area contributed by atoms with Crippen LogP contribution in [0, 0.1) is 0 Å². The van der Waals surface area contributed by atoms with Gasteiger partial charge in [0.25, 0.3) is 0 Å². The van der Waals surface area contributed by atoms with E-state index in [1.54, 1.807) is 6.07 Å². The molecule has 24 heavy (non-hydrogen) atoms. The van der Waals surface area contributed by atoms with Crippen LogP contribution in [0.4, 0.5) is 4.39 Å². The molecule has 0 unspecified atom stereocenters. The Morgan fingerprint density at radius 3 is 2.75 bits per heavy atom. The summed E-state index contributed by atoms with van der Waals surface area (Å²) >= 11 is 0. The van der Waals surface area contributed by atoms with Crippen LogP contribution in [0.25, 0.3) is 10.8 Å². The first-order valence-electron chi connectivity index (χ1n) is 7.90. The maximum Gasteiger partial charge on any atom is 0.240 e. The van der Waals surface area contributed by atoms with Crippen LogP contribution in [0.2, 0.25) is 0 Å². The summed E-state index contributed by atoms with van der Waals surface area (Å²) in [5, 5.41) is 12.0. The Hall–Kier alpha value is -2.63. The normalized spacial score (nSPS) is 20.5. The lowest BCUT2D eigenvalue weighted by atomic mass is 10.0. The third-order valence-corrected chi connectivity index (χ3v) is 4.49. The summed E-state index contributed by atoms with van der Waals surface area (Å²) < 4.78 is 13.5. The molecule has 0 saturated carbocycles. The highest BCUT2D eigenvalue weighted by Crippen LogP contribution is 2.30. The number of nitrogens with zero attached hydrogens (tertiary/aromatic N) is 1. The molecule has 3 N–H and O–H groups in total. The third-order valence-electron chi connectivity index (χ3n) is 4.49. The van der Waals surface area contributed by atoms with Gasteiger partial charge in [-0.15, -0.1) is 0 Å². The molecule has 6 heteroatoms. The van der Waals surface area contributed by atoms with E-state index >= 15 is 0 Å². The number of amides is 2. The number of likely N-dealkylation sites (tertiary alicyclic amines) is 1. The second-order valence-corrected chi connectivity index (χ2v) is 6.09. The molecule has 2 aromatic rings. The Bertz CT molecular complexity index is 793. The van der Waals surface area contributed by atoms with E-state index < -0.39 is 18.1 Å². The van der Waals surface area contributed by atoms with Crippen LogP contribution in [0.15, 0.2) is 36.4 Å². The zero-order chi connectivity index (χ0) is 17.3. The number of hydrogen-bond acceptors (Lipinski definition) is 3. The minimum Gasteiger partial charge on any atom is -0.507 e. The second kappa shape index (κ2) is 6.47. The summed E-state index contributed by atoms with van der Waals surface area (Å²) in [6.07, 6.45) is -0.861. The van der Waals surface area contributed by atoms with Crippen molar-refractivity contribution in [1.29, 1.82) is 0 Å². The SMILES string of the molecule is NC(=O)[C@@H]1C[C@@H](F)CN1C(=O)CCc1ccc2ccccc2c1O. The van der Waals surface area contributed by atoms with Crippen molar-refractivity contribution in [3.63, 3.8) is 0 Å². The van der Waals surface area contributed by atoms with Gasteiger partial charge in [0.05, 0.1) is 6.54 Å². The summed E-state index contributed by atoms with van der Waals surface area (Å²) in [5.41, 5.74) is 5.89. The minimum atomic E-state index is -1.22. The molecule has 0 radical (unpaired) electrons. The van der Waals surface area contributed by atoms with Crippen molar-refractivity contribution in [2.45, 2.75) is 31.5 Å². The molecular formula is C18H19FN2O3. The molecule has 3 rings (SSSR count). The summed E-state index contributed by atoms with van der Waals surface area (Å²) in [6.45, 7) is -0.101. The van der Waals surface area contributed by atoms with Gasteiger partial charge in [0.2, 0.25) is 11.8 Å². The van der Waals surface area contributed by atoms with E-state index in [0.717, 1.165) is 10.8 Å². The molecule has 0 aromatic heterocycles. The van der Waals surface area contributed by atoms with Gasteiger partial charge in [0.1, 0.15) is 18.0 Å². The molecule has 1 saturated heterocycles. The number of nitrogens with two attached hydrogens (primary N) is 1. The fourth-order valence-electron chi connectivity index (χ4n) is 3.22. The van der Waals surface area contributed by atoms with Crippen molar-refractivity contribution in [1.82, 2.24) is 4.90 Å². The highest BCUT2D eigenvalue weighted by atomic mass is 19.1. The highest BCUT2D eigenvalue weighted by molar-refractivity contribution is 5.90. The maximum absolute atomic E-state index is 13.5. The van der Waals surface area contributed by atoms with E-state index in [0.29, 0.717) is 12.0 Å².